The SMILES string of the molecule is COC(=O)Cc1c(C(F)(F)F)ccnc1C#N. The molecule has 0 aliphatic rings. The van der Waals surface area contributed by atoms with Crippen molar-refractivity contribution in [3.63, 3.8) is 0 Å². The lowest BCUT2D eigenvalue weighted by molar-refractivity contribution is -0.141. The lowest BCUT2D eigenvalue weighted by Gasteiger charge is -2.12. The van der Waals surface area contributed by atoms with Gasteiger partial charge in [0.25, 0.3) is 0 Å². The second kappa shape index (κ2) is 4.82. The molecule has 17 heavy (non-hydrogen) atoms. The molecule has 0 aliphatic heterocycles. The molecule has 0 fully saturated rings. The molecule has 0 unspecified atom stereocenters. The van der Waals surface area contributed by atoms with Crippen LogP contribution in [-0.4, -0.2) is 18.1 Å². The van der Waals surface area contributed by atoms with Crippen LogP contribution in [-0.2, 0) is 22.1 Å². The third-order valence-corrected chi connectivity index (χ3v) is 2.02. The molecule has 0 aliphatic carbocycles. The van der Waals surface area contributed by atoms with E-state index in [9.17, 15) is 18.0 Å². The van der Waals surface area contributed by atoms with E-state index in [1.807, 2.05) is 0 Å². The van der Waals surface area contributed by atoms with Crippen molar-refractivity contribution in [2.75, 3.05) is 7.11 Å². The topological polar surface area (TPSA) is 63.0 Å². The Morgan fingerprint density at radius 1 is 1.59 bits per heavy atom. The summed E-state index contributed by atoms with van der Waals surface area (Å²) in [7, 11) is 1.05. The first kappa shape index (κ1) is 13.0. The van der Waals surface area contributed by atoms with Crippen molar-refractivity contribution in [3.8, 4) is 6.07 Å². The van der Waals surface area contributed by atoms with Crippen LogP contribution in [0.5, 0.6) is 0 Å². The first-order valence-corrected chi connectivity index (χ1v) is 4.42. The highest BCUT2D eigenvalue weighted by Gasteiger charge is 2.35. The van der Waals surface area contributed by atoms with Crippen LogP contribution in [0.1, 0.15) is 16.8 Å². The Morgan fingerprint density at radius 3 is 2.71 bits per heavy atom. The highest BCUT2D eigenvalue weighted by atomic mass is 19.4. The smallest absolute Gasteiger partial charge is 0.416 e. The first-order chi connectivity index (χ1) is 7.90. The van der Waals surface area contributed by atoms with Crippen LogP contribution in [0, 0.1) is 11.3 Å². The van der Waals surface area contributed by atoms with Gasteiger partial charge in [0.1, 0.15) is 11.8 Å². The Balaban J connectivity index is 3.32. The van der Waals surface area contributed by atoms with Crippen molar-refractivity contribution < 1.29 is 22.7 Å². The molecule has 0 spiro atoms. The standard InChI is InChI=1S/C10H7F3N2O2/c1-17-9(16)4-6-7(10(11,12)13)2-3-15-8(6)5-14/h2-3H,4H2,1H3. The van der Waals surface area contributed by atoms with Crippen LogP contribution in [0.2, 0.25) is 0 Å². The molecule has 0 amide bonds. The molecule has 0 bridgehead atoms. The van der Waals surface area contributed by atoms with E-state index in [-0.39, 0.29) is 0 Å². The van der Waals surface area contributed by atoms with E-state index in [1.54, 1.807) is 0 Å². The summed E-state index contributed by atoms with van der Waals surface area (Å²) in [5.74, 6) is -0.861. The van der Waals surface area contributed by atoms with E-state index in [4.69, 9.17) is 5.26 Å². The predicted octanol–water partition coefficient (Wildman–Crippen LogP) is 1.69. The van der Waals surface area contributed by atoms with Crippen molar-refractivity contribution in [2.24, 2.45) is 0 Å². The second-order valence-electron chi connectivity index (χ2n) is 3.05. The molecule has 0 saturated heterocycles. The number of halogens is 3. The number of carbonyl (C=O) groups excluding carboxylic acids is 1. The number of esters is 1. The van der Waals surface area contributed by atoms with Crippen molar-refractivity contribution in [1.29, 1.82) is 5.26 Å². The number of alkyl halides is 3. The quantitative estimate of drug-likeness (QED) is 0.742. The number of ether oxygens (including phenoxy) is 1. The molecule has 90 valence electrons. The van der Waals surface area contributed by atoms with Gasteiger partial charge in [-0.05, 0) is 6.07 Å². The largest absolute Gasteiger partial charge is 0.469 e. The van der Waals surface area contributed by atoms with E-state index in [0.29, 0.717) is 0 Å². The van der Waals surface area contributed by atoms with Gasteiger partial charge < -0.3 is 4.74 Å². The molecule has 4 nitrogen and oxygen atoms in total. The molecule has 1 rings (SSSR count). The van der Waals surface area contributed by atoms with Gasteiger partial charge in [-0.25, -0.2) is 4.98 Å². The summed E-state index contributed by atoms with van der Waals surface area (Å²) in [4.78, 5) is 14.5. The van der Waals surface area contributed by atoms with Crippen LogP contribution in [0.25, 0.3) is 0 Å². The number of pyridine rings is 1. The Morgan fingerprint density at radius 2 is 2.24 bits per heavy atom. The summed E-state index contributed by atoms with van der Waals surface area (Å²) in [6.45, 7) is 0. The Labute approximate surface area is 94.6 Å². The molecule has 0 aromatic carbocycles. The van der Waals surface area contributed by atoms with E-state index in [0.717, 1.165) is 19.4 Å². The Bertz CT molecular complexity index is 477. The lowest BCUT2D eigenvalue weighted by Crippen LogP contribution is -2.15. The van der Waals surface area contributed by atoms with Gasteiger partial charge in [-0.3, -0.25) is 4.79 Å². The zero-order chi connectivity index (χ0) is 13.1. The van der Waals surface area contributed by atoms with Gasteiger partial charge in [-0.1, -0.05) is 0 Å². The van der Waals surface area contributed by atoms with Gasteiger partial charge in [0.15, 0.2) is 0 Å². The lowest BCUT2D eigenvalue weighted by atomic mass is 10.0. The fraction of sp³-hybridized carbons (Fsp3) is 0.300. The normalized spacial score (nSPS) is 10.8. The highest BCUT2D eigenvalue weighted by molar-refractivity contribution is 5.73. The number of hydrogen-bond donors (Lipinski definition) is 0. The Kier molecular flexibility index (Phi) is 3.68. The summed E-state index contributed by atoms with van der Waals surface area (Å²) in [5, 5.41) is 8.66. The maximum Gasteiger partial charge on any atom is 0.416 e. The van der Waals surface area contributed by atoms with Gasteiger partial charge >= 0.3 is 12.1 Å². The number of methoxy groups -OCH3 is 1. The minimum atomic E-state index is -4.64. The maximum atomic E-state index is 12.6. The molecule has 1 heterocycles. The number of nitrogens with zero attached hydrogens (tertiary/aromatic N) is 2. The van der Waals surface area contributed by atoms with E-state index >= 15 is 0 Å². The van der Waals surface area contributed by atoms with Crippen molar-refractivity contribution in [2.45, 2.75) is 12.6 Å². The number of aromatic nitrogens is 1. The molecular formula is C10H7F3N2O2. The third-order valence-electron chi connectivity index (χ3n) is 2.02. The van der Waals surface area contributed by atoms with Crippen molar-refractivity contribution in [1.82, 2.24) is 4.98 Å². The average molecular weight is 244 g/mol. The van der Waals surface area contributed by atoms with Gasteiger partial charge in [0, 0.05) is 11.8 Å². The first-order valence-electron chi connectivity index (χ1n) is 4.42. The van der Waals surface area contributed by atoms with Gasteiger partial charge in [0.2, 0.25) is 0 Å². The molecule has 1 aromatic heterocycles. The third kappa shape index (κ3) is 2.93. The minimum absolute atomic E-state index is 0.426. The second-order valence-corrected chi connectivity index (χ2v) is 3.05. The van der Waals surface area contributed by atoms with Gasteiger partial charge in [-0.2, -0.15) is 18.4 Å². The predicted molar refractivity (Wildman–Crippen MR) is 49.7 cm³/mol. The fourth-order valence-corrected chi connectivity index (χ4v) is 1.25. The summed E-state index contributed by atoms with van der Waals surface area (Å²) < 4.78 is 42.2. The number of rotatable bonds is 2. The molecule has 0 saturated carbocycles. The van der Waals surface area contributed by atoms with Crippen LogP contribution >= 0.6 is 0 Å². The molecular weight excluding hydrogens is 237 g/mol. The van der Waals surface area contributed by atoms with Crippen LogP contribution < -0.4 is 0 Å². The van der Waals surface area contributed by atoms with Crippen LogP contribution in [0.4, 0.5) is 13.2 Å². The number of nitriles is 1. The van der Waals surface area contributed by atoms with Crippen molar-refractivity contribution in [3.05, 3.63) is 29.1 Å². The van der Waals surface area contributed by atoms with E-state index in [1.165, 1.54) is 6.07 Å². The number of carbonyl (C=O) groups is 1. The van der Waals surface area contributed by atoms with E-state index in [2.05, 4.69) is 9.72 Å². The minimum Gasteiger partial charge on any atom is -0.469 e. The molecule has 0 N–H and O–H groups in total. The van der Waals surface area contributed by atoms with Gasteiger partial charge in [-0.15, -0.1) is 0 Å². The highest BCUT2D eigenvalue weighted by Crippen LogP contribution is 2.32. The summed E-state index contributed by atoms with van der Waals surface area (Å²) >= 11 is 0. The summed E-state index contributed by atoms with van der Waals surface area (Å²) in [6, 6.07) is 2.24. The zero-order valence-corrected chi connectivity index (χ0v) is 8.71. The van der Waals surface area contributed by atoms with Crippen molar-refractivity contribution >= 4 is 5.97 Å². The van der Waals surface area contributed by atoms with Gasteiger partial charge in [0.05, 0.1) is 19.1 Å². The Hall–Kier alpha value is -2.10. The molecule has 7 heteroatoms. The number of hydrogen-bond acceptors (Lipinski definition) is 4. The van der Waals surface area contributed by atoms with Crippen LogP contribution in [0.15, 0.2) is 12.3 Å². The summed E-state index contributed by atoms with van der Waals surface area (Å²) in [5.41, 5.74) is -1.94. The zero-order valence-electron chi connectivity index (χ0n) is 8.71. The van der Waals surface area contributed by atoms with E-state index < -0.39 is 35.4 Å². The fourth-order valence-electron chi connectivity index (χ4n) is 1.25. The maximum absolute atomic E-state index is 12.6. The average Bonchev–Trinajstić information content (AvgIpc) is 2.27. The molecule has 0 radical (unpaired) electrons. The molecule has 1 aromatic rings. The summed E-state index contributed by atoms with van der Waals surface area (Å²) in [6.07, 6.45) is -4.40. The monoisotopic (exact) mass is 244 g/mol. The van der Waals surface area contributed by atoms with Crippen LogP contribution in [0.3, 0.4) is 0 Å². The molecule has 0 atom stereocenters.